The van der Waals surface area contributed by atoms with Crippen molar-refractivity contribution in [3.05, 3.63) is 36.2 Å². The van der Waals surface area contributed by atoms with Crippen molar-refractivity contribution in [3.63, 3.8) is 0 Å². The first-order valence-electron chi connectivity index (χ1n) is 6.43. The summed E-state index contributed by atoms with van der Waals surface area (Å²) in [7, 11) is 0. The van der Waals surface area contributed by atoms with Gasteiger partial charge in [0.05, 0.1) is 23.7 Å². The highest BCUT2D eigenvalue weighted by Crippen LogP contribution is 2.16. The molecule has 1 heterocycles. The fraction of sp³-hybridized carbons (Fsp3) is 0.429. The van der Waals surface area contributed by atoms with Crippen molar-refractivity contribution >= 4 is 11.6 Å². The molecule has 1 aromatic heterocycles. The first-order chi connectivity index (χ1) is 9.19. The highest BCUT2D eigenvalue weighted by atomic mass is 35.5. The molecular weight excluding hydrogens is 262 g/mol. The molecule has 4 nitrogen and oxygen atoms in total. The maximum Gasteiger partial charge on any atom is 0.119 e. The number of rotatable bonds is 6. The van der Waals surface area contributed by atoms with Gasteiger partial charge in [-0.25, -0.2) is 4.68 Å². The second kappa shape index (κ2) is 6.57. The average Bonchev–Trinajstić information content (AvgIpc) is 2.85. The lowest BCUT2D eigenvalue weighted by molar-refractivity contribution is 0.242. The van der Waals surface area contributed by atoms with Crippen molar-refractivity contribution in [1.29, 1.82) is 0 Å². The van der Waals surface area contributed by atoms with Gasteiger partial charge in [-0.2, -0.15) is 0 Å². The lowest BCUT2D eigenvalue weighted by Crippen LogP contribution is -2.05. The predicted octanol–water partition coefficient (Wildman–Crippen LogP) is 3.23. The summed E-state index contributed by atoms with van der Waals surface area (Å²) in [6, 6.07) is 7.82. The van der Waals surface area contributed by atoms with Crippen LogP contribution < -0.4 is 4.74 Å². The second-order valence-corrected chi connectivity index (χ2v) is 4.99. The third-order valence-electron chi connectivity index (χ3n) is 2.58. The maximum absolute atomic E-state index is 5.67. The highest BCUT2D eigenvalue weighted by Gasteiger charge is 2.03. The quantitative estimate of drug-likeness (QED) is 0.762. The summed E-state index contributed by atoms with van der Waals surface area (Å²) >= 11 is 5.67. The summed E-state index contributed by atoms with van der Waals surface area (Å²) in [5, 5.41) is 8.24. The Kier molecular flexibility index (Phi) is 4.80. The molecule has 2 rings (SSSR count). The first-order valence-corrected chi connectivity index (χ1v) is 6.97. The van der Waals surface area contributed by atoms with Gasteiger partial charge in [-0.05, 0) is 51.0 Å². The van der Waals surface area contributed by atoms with E-state index in [9.17, 15) is 0 Å². The van der Waals surface area contributed by atoms with Crippen LogP contribution in [0.3, 0.4) is 0 Å². The van der Waals surface area contributed by atoms with E-state index in [1.807, 2.05) is 44.3 Å². The minimum Gasteiger partial charge on any atom is -0.491 e. The van der Waals surface area contributed by atoms with Crippen molar-refractivity contribution in [3.8, 4) is 11.4 Å². The first kappa shape index (κ1) is 13.9. The summed E-state index contributed by atoms with van der Waals surface area (Å²) in [5.41, 5.74) is 1.93. The molecule has 0 aliphatic carbocycles. The van der Waals surface area contributed by atoms with Crippen molar-refractivity contribution in [1.82, 2.24) is 15.0 Å². The van der Waals surface area contributed by atoms with E-state index in [0.29, 0.717) is 5.88 Å². The largest absolute Gasteiger partial charge is 0.491 e. The Hall–Kier alpha value is -1.55. The number of aromatic nitrogens is 3. The normalized spacial score (nSPS) is 10.9. The third kappa shape index (κ3) is 3.96. The van der Waals surface area contributed by atoms with Crippen LogP contribution in [0.25, 0.3) is 5.69 Å². The molecule has 0 unspecified atom stereocenters. The number of hydrogen-bond acceptors (Lipinski definition) is 3. The number of alkyl halides is 1. The lowest BCUT2D eigenvalue weighted by Gasteiger charge is -2.09. The van der Waals surface area contributed by atoms with Crippen LogP contribution in [-0.4, -0.2) is 27.0 Å². The second-order valence-electron chi connectivity index (χ2n) is 4.61. The Morgan fingerprint density at radius 2 is 2.00 bits per heavy atom. The van der Waals surface area contributed by atoms with Gasteiger partial charge in [-0.3, -0.25) is 0 Å². The van der Waals surface area contributed by atoms with E-state index in [2.05, 4.69) is 10.3 Å². The molecule has 0 amide bonds. The third-order valence-corrected chi connectivity index (χ3v) is 2.85. The predicted molar refractivity (Wildman–Crippen MR) is 76.2 cm³/mol. The van der Waals surface area contributed by atoms with Crippen molar-refractivity contribution in [2.45, 2.75) is 32.8 Å². The summed E-state index contributed by atoms with van der Waals surface area (Å²) < 4.78 is 7.37. The zero-order chi connectivity index (χ0) is 13.7. The fourth-order valence-corrected chi connectivity index (χ4v) is 1.87. The van der Waals surface area contributed by atoms with Crippen LogP contribution in [0.2, 0.25) is 0 Å². The van der Waals surface area contributed by atoms with Gasteiger partial charge in [0.2, 0.25) is 0 Å². The van der Waals surface area contributed by atoms with Crippen LogP contribution >= 0.6 is 11.6 Å². The topological polar surface area (TPSA) is 39.9 Å². The molecule has 2 aromatic rings. The number of aryl methyl sites for hydroxylation is 1. The zero-order valence-electron chi connectivity index (χ0n) is 11.2. The smallest absolute Gasteiger partial charge is 0.119 e. The molecule has 0 fully saturated rings. The van der Waals surface area contributed by atoms with Gasteiger partial charge < -0.3 is 4.74 Å². The zero-order valence-corrected chi connectivity index (χ0v) is 12.0. The van der Waals surface area contributed by atoms with Gasteiger partial charge in [0.25, 0.3) is 0 Å². The molecule has 5 heteroatoms. The van der Waals surface area contributed by atoms with E-state index in [0.717, 1.165) is 30.0 Å². The maximum atomic E-state index is 5.67. The number of benzene rings is 1. The molecule has 102 valence electrons. The van der Waals surface area contributed by atoms with Crippen LogP contribution in [0.1, 0.15) is 26.0 Å². The average molecular weight is 280 g/mol. The minimum atomic E-state index is 0.180. The van der Waals surface area contributed by atoms with Crippen LogP contribution in [0.15, 0.2) is 30.5 Å². The lowest BCUT2D eigenvalue weighted by atomic mass is 10.2. The standard InChI is InChI=1S/C14H18ClN3O/c1-11(2)19-14-7-5-13(6-8-14)18-10-12(16-17-18)4-3-9-15/h5-8,10-11H,3-4,9H2,1-2H3. The van der Waals surface area contributed by atoms with Crippen LogP contribution in [0.4, 0.5) is 0 Å². The van der Waals surface area contributed by atoms with Gasteiger partial charge in [0.1, 0.15) is 5.75 Å². The monoisotopic (exact) mass is 279 g/mol. The molecule has 0 aliphatic heterocycles. The fourth-order valence-electron chi connectivity index (χ4n) is 1.74. The van der Waals surface area contributed by atoms with E-state index in [1.54, 1.807) is 4.68 Å². The molecule has 0 bridgehead atoms. The van der Waals surface area contributed by atoms with Gasteiger partial charge >= 0.3 is 0 Å². The van der Waals surface area contributed by atoms with Gasteiger partial charge in [0.15, 0.2) is 0 Å². The Labute approximate surface area is 118 Å². The van der Waals surface area contributed by atoms with E-state index in [-0.39, 0.29) is 6.10 Å². The van der Waals surface area contributed by atoms with E-state index >= 15 is 0 Å². The van der Waals surface area contributed by atoms with Gasteiger partial charge in [0, 0.05) is 5.88 Å². The Balaban J connectivity index is 2.07. The Morgan fingerprint density at radius 3 is 2.63 bits per heavy atom. The van der Waals surface area contributed by atoms with Crippen LogP contribution in [0, 0.1) is 0 Å². The van der Waals surface area contributed by atoms with E-state index < -0.39 is 0 Å². The molecule has 0 aliphatic rings. The molecule has 0 spiro atoms. The summed E-state index contributed by atoms with van der Waals surface area (Å²) in [6.45, 7) is 4.02. The molecular formula is C14H18ClN3O. The molecule has 19 heavy (non-hydrogen) atoms. The molecule has 0 atom stereocenters. The minimum absolute atomic E-state index is 0.180. The summed E-state index contributed by atoms with van der Waals surface area (Å²) in [6.07, 6.45) is 3.89. The number of halogens is 1. The van der Waals surface area contributed by atoms with E-state index in [1.165, 1.54) is 0 Å². The van der Waals surface area contributed by atoms with Gasteiger partial charge in [-0.15, -0.1) is 16.7 Å². The molecule has 0 N–H and O–H groups in total. The van der Waals surface area contributed by atoms with Gasteiger partial charge in [-0.1, -0.05) is 5.21 Å². The Bertz CT molecular complexity index is 508. The number of nitrogens with zero attached hydrogens (tertiary/aromatic N) is 3. The Morgan fingerprint density at radius 1 is 1.26 bits per heavy atom. The molecule has 0 saturated carbocycles. The van der Waals surface area contributed by atoms with Crippen LogP contribution in [-0.2, 0) is 6.42 Å². The number of ether oxygens (including phenoxy) is 1. The SMILES string of the molecule is CC(C)Oc1ccc(-n2cc(CCCCl)nn2)cc1. The molecule has 0 radical (unpaired) electrons. The van der Waals surface area contributed by atoms with Crippen molar-refractivity contribution < 1.29 is 4.74 Å². The number of hydrogen-bond donors (Lipinski definition) is 0. The summed E-state index contributed by atoms with van der Waals surface area (Å²) in [5.74, 6) is 1.51. The highest BCUT2D eigenvalue weighted by molar-refractivity contribution is 6.17. The van der Waals surface area contributed by atoms with Crippen LogP contribution in [0.5, 0.6) is 5.75 Å². The molecule has 0 saturated heterocycles. The van der Waals surface area contributed by atoms with E-state index in [4.69, 9.17) is 16.3 Å². The molecule has 1 aromatic carbocycles. The van der Waals surface area contributed by atoms with Crippen molar-refractivity contribution in [2.75, 3.05) is 5.88 Å². The summed E-state index contributed by atoms with van der Waals surface area (Å²) in [4.78, 5) is 0. The van der Waals surface area contributed by atoms with Crippen molar-refractivity contribution in [2.24, 2.45) is 0 Å².